The summed E-state index contributed by atoms with van der Waals surface area (Å²) in [7, 11) is 0. The highest BCUT2D eigenvalue weighted by atomic mass is 19.3. The molecule has 4 N–H and O–H groups in total. The van der Waals surface area contributed by atoms with Gasteiger partial charge in [-0.3, -0.25) is 14.4 Å². The van der Waals surface area contributed by atoms with Gasteiger partial charge < -0.3 is 30.7 Å². The predicted molar refractivity (Wildman–Crippen MR) is 175 cm³/mol. The highest BCUT2D eigenvalue weighted by molar-refractivity contribution is 5.94. The van der Waals surface area contributed by atoms with E-state index in [4.69, 9.17) is 9.84 Å². The van der Waals surface area contributed by atoms with Crippen LogP contribution >= 0.6 is 0 Å². The van der Waals surface area contributed by atoms with Crippen molar-refractivity contribution >= 4 is 29.8 Å². The number of carboxylic acids is 1. The molecule has 2 aliphatic rings. The third-order valence-corrected chi connectivity index (χ3v) is 9.19. The van der Waals surface area contributed by atoms with Crippen LogP contribution in [0.25, 0.3) is 0 Å². The summed E-state index contributed by atoms with van der Waals surface area (Å²) in [6.07, 6.45) is -0.0862. The first kappa shape index (κ1) is 40.5. The molecule has 50 heavy (non-hydrogen) atoms. The molecule has 1 aromatic rings. The maximum Gasteiger partial charge on any atom is 0.407 e. The second-order valence-corrected chi connectivity index (χ2v) is 14.9. The molecule has 3 rings (SSSR count). The molecule has 1 saturated carbocycles. The van der Waals surface area contributed by atoms with Gasteiger partial charge in [0, 0.05) is 25.1 Å². The average Bonchev–Trinajstić information content (AvgIpc) is 3.48. The minimum Gasteiger partial charge on any atom is -0.478 e. The molecular formula is C35H50F4N4O7. The van der Waals surface area contributed by atoms with Crippen LogP contribution in [0.15, 0.2) is 12.1 Å². The van der Waals surface area contributed by atoms with Crippen LogP contribution in [0.5, 0.6) is 0 Å². The number of benzene rings is 1. The quantitative estimate of drug-likeness (QED) is 0.197. The maximum atomic E-state index is 14.4. The number of rotatable bonds is 14. The minimum atomic E-state index is -3.01. The Labute approximate surface area is 290 Å². The van der Waals surface area contributed by atoms with Crippen LogP contribution in [0.4, 0.5) is 22.4 Å². The average molecular weight is 715 g/mol. The van der Waals surface area contributed by atoms with E-state index in [-0.39, 0.29) is 36.8 Å². The molecule has 4 amide bonds. The summed E-state index contributed by atoms with van der Waals surface area (Å²) in [6.45, 7) is 9.03. The van der Waals surface area contributed by atoms with Crippen molar-refractivity contribution < 1.29 is 51.4 Å². The van der Waals surface area contributed by atoms with Gasteiger partial charge in [-0.05, 0) is 48.1 Å². The molecule has 2 fully saturated rings. The van der Waals surface area contributed by atoms with E-state index in [1.165, 1.54) is 4.90 Å². The van der Waals surface area contributed by atoms with Crippen LogP contribution in [0, 0.1) is 34.8 Å². The Bertz CT molecular complexity index is 1360. The first-order chi connectivity index (χ1) is 23.4. The van der Waals surface area contributed by atoms with E-state index in [1.54, 1.807) is 13.8 Å². The molecule has 0 spiro atoms. The minimum absolute atomic E-state index is 0.0599. The Morgan fingerprint density at radius 1 is 0.980 bits per heavy atom. The zero-order valence-corrected chi connectivity index (χ0v) is 29.3. The molecular weight excluding hydrogens is 664 g/mol. The zero-order chi connectivity index (χ0) is 37.3. The Morgan fingerprint density at radius 2 is 1.60 bits per heavy atom. The van der Waals surface area contributed by atoms with Crippen LogP contribution in [0.3, 0.4) is 0 Å². The molecule has 0 aromatic heterocycles. The van der Waals surface area contributed by atoms with Crippen molar-refractivity contribution in [1.82, 2.24) is 20.9 Å². The second-order valence-electron chi connectivity index (χ2n) is 14.9. The van der Waals surface area contributed by atoms with E-state index >= 15 is 0 Å². The van der Waals surface area contributed by atoms with Crippen molar-refractivity contribution in [2.45, 2.75) is 111 Å². The predicted octanol–water partition coefficient (Wildman–Crippen LogP) is 5.06. The molecule has 1 heterocycles. The molecule has 1 aliphatic heterocycles. The van der Waals surface area contributed by atoms with Gasteiger partial charge in [-0.15, -0.1) is 0 Å². The van der Waals surface area contributed by atoms with Crippen molar-refractivity contribution in [3.63, 3.8) is 0 Å². The fourth-order valence-electron chi connectivity index (χ4n) is 6.53. The molecule has 4 atom stereocenters. The van der Waals surface area contributed by atoms with Crippen molar-refractivity contribution in [3.8, 4) is 0 Å². The molecule has 11 nitrogen and oxygen atoms in total. The van der Waals surface area contributed by atoms with Crippen LogP contribution in [0.2, 0.25) is 0 Å². The molecule has 1 saturated heterocycles. The number of hydrogen-bond donors (Lipinski definition) is 4. The summed E-state index contributed by atoms with van der Waals surface area (Å²) in [5.41, 5.74) is -1.43. The lowest BCUT2D eigenvalue weighted by atomic mass is 9.79. The number of aromatic carboxylic acids is 1. The van der Waals surface area contributed by atoms with Gasteiger partial charge in [-0.2, -0.15) is 0 Å². The number of carbonyl (C=O) groups is 5. The van der Waals surface area contributed by atoms with E-state index < -0.39 is 102 Å². The van der Waals surface area contributed by atoms with Crippen molar-refractivity contribution in [2.75, 3.05) is 19.7 Å². The second kappa shape index (κ2) is 17.8. The standard InChI is InChI=1S/C35H50F4N4O7/c1-19(2)29(42-34(49)50-18-35(3,4)5)32(46)43-17-22(20-9-7-6-8-10-20)15-27(43)31(45)41-26(16-28(38)39)30(44)40-12-11-23-24(36)13-21(33(47)48)14-25(23)37/h13-14,19-20,22,26-29H,6-12,15-18H2,1-5H3,(H,40,44)(H,41,45)(H,42,49)(H,47,48). The lowest BCUT2D eigenvalue weighted by molar-refractivity contribution is -0.141. The number of alkyl carbamates (subject to hydrolysis) is 1. The largest absolute Gasteiger partial charge is 0.478 e. The van der Waals surface area contributed by atoms with Gasteiger partial charge in [-0.1, -0.05) is 66.7 Å². The summed E-state index contributed by atoms with van der Waals surface area (Å²) in [6, 6.07) is -2.62. The highest BCUT2D eigenvalue weighted by Gasteiger charge is 2.45. The number of carbonyl (C=O) groups excluding carboxylic acids is 4. The topological polar surface area (TPSA) is 154 Å². The monoisotopic (exact) mass is 714 g/mol. The Hall–Kier alpha value is -3.91. The summed E-state index contributed by atoms with van der Waals surface area (Å²) < 4.78 is 61.3. The first-order valence-electron chi connectivity index (χ1n) is 17.2. The maximum absolute atomic E-state index is 14.4. The van der Waals surface area contributed by atoms with Crippen LogP contribution < -0.4 is 16.0 Å². The van der Waals surface area contributed by atoms with Gasteiger partial charge >= 0.3 is 12.1 Å². The van der Waals surface area contributed by atoms with Crippen molar-refractivity contribution in [1.29, 1.82) is 0 Å². The number of nitrogens with zero attached hydrogens (tertiary/aromatic N) is 1. The number of carboxylic acid groups (broad SMARTS) is 1. The molecule has 15 heteroatoms. The Morgan fingerprint density at radius 3 is 2.14 bits per heavy atom. The summed E-state index contributed by atoms with van der Waals surface area (Å²) in [5.74, 6) is -6.40. The van der Waals surface area contributed by atoms with Crippen molar-refractivity contribution in [3.05, 3.63) is 34.9 Å². The molecule has 0 bridgehead atoms. The number of nitrogens with one attached hydrogen (secondary N) is 3. The number of halogens is 4. The number of likely N-dealkylation sites (tertiary alicyclic amines) is 1. The smallest absolute Gasteiger partial charge is 0.407 e. The Kier molecular flexibility index (Phi) is 14.5. The number of amides is 4. The van der Waals surface area contributed by atoms with Crippen LogP contribution in [-0.4, -0.2) is 84.0 Å². The lowest BCUT2D eigenvalue weighted by Gasteiger charge is -2.31. The van der Waals surface area contributed by atoms with E-state index in [1.807, 2.05) is 20.8 Å². The summed E-state index contributed by atoms with van der Waals surface area (Å²) >= 11 is 0. The third kappa shape index (κ3) is 11.6. The number of alkyl halides is 2. The van der Waals surface area contributed by atoms with Crippen LogP contribution in [-0.2, 0) is 25.5 Å². The van der Waals surface area contributed by atoms with Gasteiger partial charge in [0.25, 0.3) is 0 Å². The van der Waals surface area contributed by atoms with E-state index in [2.05, 4.69) is 16.0 Å². The third-order valence-electron chi connectivity index (χ3n) is 9.19. The highest BCUT2D eigenvalue weighted by Crippen LogP contribution is 2.38. The van der Waals surface area contributed by atoms with E-state index in [0.29, 0.717) is 12.1 Å². The van der Waals surface area contributed by atoms with Gasteiger partial charge in [0.15, 0.2) is 0 Å². The van der Waals surface area contributed by atoms with Crippen LogP contribution in [0.1, 0.15) is 95.5 Å². The first-order valence-corrected chi connectivity index (χ1v) is 17.2. The fraction of sp³-hybridized carbons (Fsp3) is 0.686. The Balaban J connectivity index is 1.77. The normalized spacial score (nSPS) is 19.6. The van der Waals surface area contributed by atoms with Gasteiger partial charge in [0.05, 0.1) is 12.2 Å². The van der Waals surface area contributed by atoms with Gasteiger partial charge in [0.2, 0.25) is 24.1 Å². The zero-order valence-electron chi connectivity index (χ0n) is 29.3. The molecule has 1 aliphatic carbocycles. The molecule has 280 valence electrons. The summed E-state index contributed by atoms with van der Waals surface area (Å²) in [4.78, 5) is 66.0. The van der Waals surface area contributed by atoms with Crippen molar-refractivity contribution in [2.24, 2.45) is 23.2 Å². The molecule has 1 aromatic carbocycles. The molecule has 0 radical (unpaired) electrons. The van der Waals surface area contributed by atoms with E-state index in [9.17, 15) is 41.5 Å². The number of ether oxygens (including phenoxy) is 1. The lowest BCUT2D eigenvalue weighted by Crippen LogP contribution is -2.57. The molecule has 4 unspecified atom stereocenters. The fourth-order valence-corrected chi connectivity index (χ4v) is 6.53. The number of hydrogen-bond acceptors (Lipinski definition) is 6. The van der Waals surface area contributed by atoms with E-state index in [0.717, 1.165) is 32.1 Å². The van der Waals surface area contributed by atoms with Gasteiger partial charge in [0.1, 0.15) is 29.8 Å². The SMILES string of the molecule is CC(C)C(NC(=O)OCC(C)(C)C)C(=O)N1CC(C2CCCCC2)CC1C(=O)NC(CC(F)F)C(=O)NCCc1c(F)cc(C(=O)O)cc1F. The van der Waals surface area contributed by atoms with Gasteiger partial charge in [-0.25, -0.2) is 27.2 Å². The summed E-state index contributed by atoms with van der Waals surface area (Å²) in [5, 5.41) is 16.3.